The summed E-state index contributed by atoms with van der Waals surface area (Å²) in [4.78, 5) is 28.1. The fourth-order valence-electron chi connectivity index (χ4n) is 3.05. The van der Waals surface area contributed by atoms with Gasteiger partial charge in [0.05, 0.1) is 30.4 Å². The van der Waals surface area contributed by atoms with Gasteiger partial charge in [-0.2, -0.15) is 5.10 Å². The van der Waals surface area contributed by atoms with Crippen LogP contribution in [0.1, 0.15) is 28.5 Å². The molecule has 0 aliphatic rings. The topological polar surface area (TPSA) is 108 Å². The third-order valence-electron chi connectivity index (χ3n) is 4.42. The summed E-state index contributed by atoms with van der Waals surface area (Å²) in [5.74, 6) is -1.43. The van der Waals surface area contributed by atoms with E-state index in [0.29, 0.717) is 0 Å². The lowest BCUT2D eigenvalue weighted by molar-refractivity contribution is -0.137. The average Bonchev–Trinajstić information content (AvgIpc) is 3.14. The number of benzene rings is 2. The Hall–Kier alpha value is -3.74. The maximum atomic E-state index is 12.6. The van der Waals surface area contributed by atoms with Crippen LogP contribution in [0.15, 0.2) is 60.9 Å². The lowest BCUT2D eigenvalue weighted by atomic mass is 9.99. The van der Waals surface area contributed by atoms with E-state index >= 15 is 0 Å². The van der Waals surface area contributed by atoms with E-state index in [1.165, 1.54) is 6.20 Å². The summed E-state index contributed by atoms with van der Waals surface area (Å²) in [5.41, 5.74) is 1.66. The van der Waals surface area contributed by atoms with Crippen LogP contribution in [0, 0.1) is 0 Å². The molecular weight excluding hydrogens is 344 g/mol. The molecule has 0 saturated carbocycles. The van der Waals surface area contributed by atoms with E-state index in [4.69, 9.17) is 0 Å². The van der Waals surface area contributed by atoms with Crippen LogP contribution in [0.4, 0.5) is 0 Å². The molecule has 2 aromatic carbocycles. The highest BCUT2D eigenvalue weighted by Gasteiger charge is 2.20. The molecule has 3 N–H and O–H groups in total. The minimum Gasteiger partial charge on any atom is -0.481 e. The van der Waals surface area contributed by atoms with Crippen LogP contribution in [0.25, 0.3) is 21.7 Å². The predicted molar refractivity (Wildman–Crippen MR) is 100 cm³/mol. The Labute approximate surface area is 154 Å². The van der Waals surface area contributed by atoms with Crippen molar-refractivity contribution in [1.82, 2.24) is 20.5 Å². The molecule has 0 spiro atoms. The van der Waals surface area contributed by atoms with Gasteiger partial charge < -0.3 is 10.4 Å². The smallest absolute Gasteiger partial charge is 0.305 e. The number of aromatic nitrogens is 3. The predicted octanol–water partition coefficient (Wildman–Crippen LogP) is 3.06. The number of carbonyl (C=O) groups excluding carboxylic acids is 1. The minimum atomic E-state index is -0.994. The molecule has 0 aliphatic heterocycles. The van der Waals surface area contributed by atoms with Gasteiger partial charge in [0.15, 0.2) is 0 Å². The first-order valence-electron chi connectivity index (χ1n) is 8.40. The Morgan fingerprint density at radius 3 is 2.67 bits per heavy atom. The first-order chi connectivity index (χ1) is 13.1. The molecule has 27 heavy (non-hydrogen) atoms. The Morgan fingerprint density at radius 2 is 1.85 bits per heavy atom. The van der Waals surface area contributed by atoms with Crippen LogP contribution >= 0.6 is 0 Å². The molecule has 2 heterocycles. The Bertz CT molecular complexity index is 1150. The van der Waals surface area contributed by atoms with Crippen molar-refractivity contribution in [2.24, 2.45) is 0 Å². The number of nitrogens with zero attached hydrogens (tertiary/aromatic N) is 2. The maximum Gasteiger partial charge on any atom is 0.305 e. The highest BCUT2D eigenvalue weighted by Crippen LogP contribution is 2.23. The summed E-state index contributed by atoms with van der Waals surface area (Å²) in [7, 11) is 0. The summed E-state index contributed by atoms with van der Waals surface area (Å²) in [6.45, 7) is 0. The molecule has 0 radical (unpaired) electrons. The molecule has 0 bridgehead atoms. The van der Waals surface area contributed by atoms with E-state index < -0.39 is 17.9 Å². The molecule has 0 fully saturated rings. The maximum absolute atomic E-state index is 12.6. The number of aliphatic carboxylic acids is 1. The third kappa shape index (κ3) is 3.48. The van der Waals surface area contributed by atoms with Crippen molar-refractivity contribution in [3.05, 3.63) is 72.2 Å². The number of carboxylic acid groups (broad SMARTS) is 1. The van der Waals surface area contributed by atoms with Gasteiger partial charge >= 0.3 is 5.97 Å². The second kappa shape index (κ2) is 6.87. The van der Waals surface area contributed by atoms with E-state index in [1.807, 2.05) is 42.5 Å². The number of aromatic amines is 1. The van der Waals surface area contributed by atoms with Crippen molar-refractivity contribution in [1.29, 1.82) is 0 Å². The second-order valence-electron chi connectivity index (χ2n) is 6.26. The number of hydrogen-bond acceptors (Lipinski definition) is 4. The molecule has 0 saturated heterocycles. The second-order valence-corrected chi connectivity index (χ2v) is 6.26. The number of pyridine rings is 1. The van der Waals surface area contributed by atoms with E-state index in [2.05, 4.69) is 20.5 Å². The summed E-state index contributed by atoms with van der Waals surface area (Å²) in [5, 5.41) is 21.5. The summed E-state index contributed by atoms with van der Waals surface area (Å²) in [6, 6.07) is 14.4. The van der Waals surface area contributed by atoms with Crippen molar-refractivity contribution < 1.29 is 14.7 Å². The Morgan fingerprint density at radius 1 is 1.04 bits per heavy atom. The Balaban J connectivity index is 1.64. The number of H-pyrrole nitrogens is 1. The van der Waals surface area contributed by atoms with Crippen LogP contribution in [0.5, 0.6) is 0 Å². The molecule has 134 valence electrons. The van der Waals surface area contributed by atoms with E-state index in [0.717, 1.165) is 27.2 Å². The summed E-state index contributed by atoms with van der Waals surface area (Å²) in [6.07, 6.45) is 2.91. The largest absolute Gasteiger partial charge is 0.481 e. The van der Waals surface area contributed by atoms with Crippen molar-refractivity contribution in [3.63, 3.8) is 0 Å². The number of carbonyl (C=O) groups is 2. The van der Waals surface area contributed by atoms with Gasteiger partial charge in [-0.05, 0) is 28.5 Å². The number of nitrogens with one attached hydrogen (secondary N) is 2. The van der Waals surface area contributed by atoms with Crippen molar-refractivity contribution in [2.45, 2.75) is 12.5 Å². The zero-order valence-electron chi connectivity index (χ0n) is 14.2. The van der Waals surface area contributed by atoms with Gasteiger partial charge in [-0.25, -0.2) is 4.98 Å². The van der Waals surface area contributed by atoms with Gasteiger partial charge in [0.1, 0.15) is 5.69 Å². The lowest BCUT2D eigenvalue weighted by Crippen LogP contribution is -2.30. The molecule has 7 nitrogen and oxygen atoms in total. The first kappa shape index (κ1) is 16.7. The van der Waals surface area contributed by atoms with Gasteiger partial charge in [-0.1, -0.05) is 36.4 Å². The van der Waals surface area contributed by atoms with Crippen LogP contribution < -0.4 is 5.32 Å². The summed E-state index contributed by atoms with van der Waals surface area (Å²) < 4.78 is 0. The van der Waals surface area contributed by atoms with Crippen molar-refractivity contribution >= 4 is 33.6 Å². The Kier molecular flexibility index (Phi) is 4.25. The SMILES string of the molecule is O=C(O)CC(NC(=O)c1cc2cn[nH]c2cn1)c1ccc2ccccc2c1. The first-order valence-corrected chi connectivity index (χ1v) is 8.40. The van der Waals surface area contributed by atoms with Gasteiger partial charge in [-0.3, -0.25) is 14.7 Å². The third-order valence-corrected chi connectivity index (χ3v) is 4.42. The van der Waals surface area contributed by atoms with Crippen molar-refractivity contribution in [3.8, 4) is 0 Å². The minimum absolute atomic E-state index is 0.208. The molecule has 4 rings (SSSR count). The number of amides is 1. The van der Waals surface area contributed by atoms with Crippen LogP contribution in [0.2, 0.25) is 0 Å². The fourth-order valence-corrected chi connectivity index (χ4v) is 3.05. The molecule has 1 amide bonds. The molecular formula is C20H16N4O3. The van der Waals surface area contributed by atoms with Crippen LogP contribution in [0.3, 0.4) is 0 Å². The molecule has 0 aliphatic carbocycles. The molecule has 1 atom stereocenters. The molecule has 4 aromatic rings. The quantitative estimate of drug-likeness (QED) is 0.507. The van der Waals surface area contributed by atoms with Gasteiger partial charge in [0.2, 0.25) is 0 Å². The highest BCUT2D eigenvalue weighted by molar-refractivity contribution is 5.96. The lowest BCUT2D eigenvalue weighted by Gasteiger charge is -2.18. The fraction of sp³-hybridized carbons (Fsp3) is 0.100. The number of rotatable bonds is 5. The van der Waals surface area contributed by atoms with E-state index in [9.17, 15) is 14.7 Å². The molecule has 2 aromatic heterocycles. The van der Waals surface area contributed by atoms with E-state index in [1.54, 1.807) is 12.3 Å². The molecule has 7 heteroatoms. The molecule has 1 unspecified atom stereocenters. The van der Waals surface area contributed by atoms with E-state index in [-0.39, 0.29) is 12.1 Å². The monoisotopic (exact) mass is 360 g/mol. The summed E-state index contributed by atoms with van der Waals surface area (Å²) >= 11 is 0. The highest BCUT2D eigenvalue weighted by atomic mass is 16.4. The van der Waals surface area contributed by atoms with Crippen molar-refractivity contribution in [2.75, 3.05) is 0 Å². The number of fused-ring (bicyclic) bond motifs is 2. The van der Waals surface area contributed by atoms with Gasteiger partial charge in [0.25, 0.3) is 5.91 Å². The normalized spacial score (nSPS) is 12.1. The average molecular weight is 360 g/mol. The van der Waals surface area contributed by atoms with Crippen LogP contribution in [-0.4, -0.2) is 32.2 Å². The van der Waals surface area contributed by atoms with Gasteiger partial charge in [0, 0.05) is 5.39 Å². The van der Waals surface area contributed by atoms with Gasteiger partial charge in [-0.15, -0.1) is 0 Å². The standard InChI is InChI=1S/C20H16N4O3/c25-19(26)9-16(14-6-5-12-3-1-2-4-13(12)7-14)23-20(27)17-8-15-10-22-24-18(15)11-21-17/h1-8,10-11,16H,9H2,(H,22,24)(H,23,27)(H,25,26). The zero-order chi connectivity index (χ0) is 18.8. The number of hydrogen-bond donors (Lipinski definition) is 3. The zero-order valence-corrected chi connectivity index (χ0v) is 14.2. The number of carboxylic acids is 1. The van der Waals surface area contributed by atoms with Crippen LogP contribution in [-0.2, 0) is 4.79 Å².